The van der Waals surface area contributed by atoms with Crippen LogP contribution in [0.1, 0.15) is 18.4 Å². The van der Waals surface area contributed by atoms with Crippen LogP contribution in [0.4, 0.5) is 10.1 Å². The maximum Gasteiger partial charge on any atom is 0.240 e. The van der Waals surface area contributed by atoms with Gasteiger partial charge in [0.05, 0.1) is 10.6 Å². The first-order valence-corrected chi connectivity index (χ1v) is 6.94. The lowest BCUT2D eigenvalue weighted by molar-refractivity contribution is 0.576. The average Bonchev–Trinajstić information content (AvgIpc) is 3.04. The van der Waals surface area contributed by atoms with Crippen molar-refractivity contribution in [3.8, 4) is 0 Å². The topological polar surface area (TPSA) is 72.2 Å². The van der Waals surface area contributed by atoms with Gasteiger partial charge in [-0.1, -0.05) is 0 Å². The van der Waals surface area contributed by atoms with Crippen LogP contribution in [-0.2, 0) is 10.0 Å². The molecule has 17 heavy (non-hydrogen) atoms. The largest absolute Gasteiger partial charge is 0.396 e. The Kier molecular flexibility index (Phi) is 3.09. The zero-order valence-electron chi connectivity index (χ0n) is 9.53. The van der Waals surface area contributed by atoms with Crippen LogP contribution >= 0.6 is 0 Å². The second kappa shape index (κ2) is 4.27. The predicted molar refractivity (Wildman–Crippen MR) is 63.5 cm³/mol. The lowest BCUT2D eigenvalue weighted by Gasteiger charge is -2.10. The van der Waals surface area contributed by atoms with Crippen LogP contribution in [0.5, 0.6) is 0 Å². The molecule has 0 unspecified atom stereocenters. The van der Waals surface area contributed by atoms with Crippen LogP contribution in [0, 0.1) is 18.7 Å². The highest BCUT2D eigenvalue weighted by molar-refractivity contribution is 7.89. The quantitative estimate of drug-likeness (QED) is 0.802. The summed E-state index contributed by atoms with van der Waals surface area (Å²) in [5, 5.41) is 0. The van der Waals surface area contributed by atoms with E-state index in [-0.39, 0.29) is 10.6 Å². The summed E-state index contributed by atoms with van der Waals surface area (Å²) >= 11 is 0. The van der Waals surface area contributed by atoms with Crippen molar-refractivity contribution in [3.63, 3.8) is 0 Å². The summed E-state index contributed by atoms with van der Waals surface area (Å²) < 4.78 is 39.6. The van der Waals surface area contributed by atoms with E-state index in [4.69, 9.17) is 5.73 Å². The maximum atomic E-state index is 13.1. The van der Waals surface area contributed by atoms with Crippen LogP contribution < -0.4 is 10.5 Å². The number of nitrogens with two attached hydrogens (primary N) is 1. The number of benzene rings is 1. The second-order valence-electron chi connectivity index (χ2n) is 4.43. The van der Waals surface area contributed by atoms with E-state index in [2.05, 4.69) is 4.72 Å². The van der Waals surface area contributed by atoms with Gasteiger partial charge < -0.3 is 5.73 Å². The molecule has 0 amide bonds. The first kappa shape index (κ1) is 12.3. The molecule has 0 saturated heterocycles. The summed E-state index contributed by atoms with van der Waals surface area (Å²) in [6.45, 7) is 1.99. The highest BCUT2D eigenvalue weighted by Crippen LogP contribution is 2.28. The molecule has 0 aromatic heterocycles. The number of aryl methyl sites for hydroxylation is 1. The fraction of sp³-hybridized carbons (Fsp3) is 0.455. The second-order valence-corrected chi connectivity index (χ2v) is 6.17. The van der Waals surface area contributed by atoms with E-state index in [1.807, 2.05) is 0 Å². The van der Waals surface area contributed by atoms with E-state index in [1.165, 1.54) is 6.07 Å². The Labute approximate surface area is 100 Å². The van der Waals surface area contributed by atoms with E-state index >= 15 is 0 Å². The molecule has 0 spiro atoms. The molecular formula is C11H15FN2O2S. The predicted octanol–water partition coefficient (Wildman–Crippen LogP) is 1.40. The Hall–Kier alpha value is -1.14. The molecule has 0 bridgehead atoms. The lowest BCUT2D eigenvalue weighted by atomic mass is 10.2. The molecule has 0 atom stereocenters. The summed E-state index contributed by atoms with van der Waals surface area (Å²) in [6, 6.07) is 2.31. The Morgan fingerprint density at radius 2 is 2.12 bits per heavy atom. The summed E-state index contributed by atoms with van der Waals surface area (Å²) in [6.07, 6.45) is 2.13. The first-order valence-electron chi connectivity index (χ1n) is 5.45. The lowest BCUT2D eigenvalue weighted by Crippen LogP contribution is -2.26. The van der Waals surface area contributed by atoms with Gasteiger partial charge in [-0.05, 0) is 43.4 Å². The highest BCUT2D eigenvalue weighted by Gasteiger charge is 2.25. The van der Waals surface area contributed by atoms with Gasteiger partial charge in [0.1, 0.15) is 5.82 Å². The third-order valence-electron chi connectivity index (χ3n) is 2.84. The Morgan fingerprint density at radius 1 is 1.47 bits per heavy atom. The normalized spacial score (nSPS) is 16.1. The van der Waals surface area contributed by atoms with Crippen molar-refractivity contribution >= 4 is 15.7 Å². The van der Waals surface area contributed by atoms with Crippen molar-refractivity contribution in [2.75, 3.05) is 12.3 Å². The van der Waals surface area contributed by atoms with E-state index in [0.717, 1.165) is 18.9 Å². The molecule has 94 valence electrons. The molecule has 1 aliphatic rings. The molecule has 1 aromatic rings. The zero-order chi connectivity index (χ0) is 12.6. The maximum absolute atomic E-state index is 13.1. The third kappa shape index (κ3) is 2.76. The Bertz CT molecular complexity index is 539. The molecule has 0 radical (unpaired) electrons. The molecule has 2 rings (SSSR count). The number of nitrogens with one attached hydrogen (secondary N) is 1. The fourth-order valence-electron chi connectivity index (χ4n) is 1.59. The van der Waals surface area contributed by atoms with Gasteiger partial charge in [0.15, 0.2) is 0 Å². The number of nitrogen functional groups attached to an aromatic ring is 1. The summed E-state index contributed by atoms with van der Waals surface area (Å²) in [4.78, 5) is 0.0528. The van der Waals surface area contributed by atoms with Gasteiger partial charge in [-0.3, -0.25) is 0 Å². The number of halogens is 1. The van der Waals surface area contributed by atoms with Crippen molar-refractivity contribution in [1.29, 1.82) is 0 Å². The summed E-state index contributed by atoms with van der Waals surface area (Å²) in [5.74, 6) is -0.147. The smallest absolute Gasteiger partial charge is 0.240 e. The Morgan fingerprint density at radius 3 is 2.71 bits per heavy atom. The fourth-order valence-corrected chi connectivity index (χ4v) is 2.96. The number of hydrogen-bond donors (Lipinski definition) is 2. The summed E-state index contributed by atoms with van der Waals surface area (Å²) in [7, 11) is -3.58. The number of anilines is 1. The van der Waals surface area contributed by atoms with Gasteiger partial charge in [0, 0.05) is 6.54 Å². The van der Waals surface area contributed by atoms with Crippen molar-refractivity contribution in [1.82, 2.24) is 4.72 Å². The van der Waals surface area contributed by atoms with Gasteiger partial charge in [0.25, 0.3) is 0 Å². The standard InChI is InChI=1S/C11H15FN2O2S/c1-7-4-9(12)10(13)5-11(7)17(15,16)14-6-8-2-3-8/h4-5,8,14H,2-3,6,13H2,1H3. The molecule has 0 heterocycles. The number of hydrogen-bond acceptors (Lipinski definition) is 3. The van der Waals surface area contributed by atoms with Gasteiger partial charge in [-0.25, -0.2) is 17.5 Å². The molecule has 6 heteroatoms. The molecule has 1 saturated carbocycles. The highest BCUT2D eigenvalue weighted by atomic mass is 32.2. The van der Waals surface area contributed by atoms with Crippen LogP contribution in [0.25, 0.3) is 0 Å². The third-order valence-corrected chi connectivity index (χ3v) is 4.41. The molecule has 4 nitrogen and oxygen atoms in total. The van der Waals surface area contributed by atoms with E-state index in [0.29, 0.717) is 18.0 Å². The Balaban J connectivity index is 2.27. The van der Waals surface area contributed by atoms with Crippen LogP contribution in [0.2, 0.25) is 0 Å². The van der Waals surface area contributed by atoms with Crippen LogP contribution in [0.3, 0.4) is 0 Å². The summed E-state index contributed by atoms with van der Waals surface area (Å²) in [5.41, 5.74) is 5.60. The van der Waals surface area contributed by atoms with E-state index < -0.39 is 15.8 Å². The molecular weight excluding hydrogens is 243 g/mol. The molecule has 1 aromatic carbocycles. The molecule has 1 aliphatic carbocycles. The van der Waals surface area contributed by atoms with Crippen LogP contribution in [-0.4, -0.2) is 15.0 Å². The van der Waals surface area contributed by atoms with E-state index in [1.54, 1.807) is 6.92 Å². The minimum absolute atomic E-state index is 0.0528. The van der Waals surface area contributed by atoms with Gasteiger partial charge in [-0.15, -0.1) is 0 Å². The van der Waals surface area contributed by atoms with Crippen molar-refractivity contribution in [3.05, 3.63) is 23.5 Å². The van der Waals surface area contributed by atoms with Crippen molar-refractivity contribution in [2.45, 2.75) is 24.7 Å². The minimum Gasteiger partial charge on any atom is -0.396 e. The monoisotopic (exact) mass is 258 g/mol. The average molecular weight is 258 g/mol. The zero-order valence-corrected chi connectivity index (χ0v) is 10.3. The SMILES string of the molecule is Cc1cc(F)c(N)cc1S(=O)(=O)NCC1CC1. The minimum atomic E-state index is -3.58. The van der Waals surface area contributed by atoms with Crippen LogP contribution in [0.15, 0.2) is 17.0 Å². The van der Waals surface area contributed by atoms with Crippen molar-refractivity contribution in [2.24, 2.45) is 5.92 Å². The van der Waals surface area contributed by atoms with Gasteiger partial charge in [0.2, 0.25) is 10.0 Å². The first-order chi connectivity index (χ1) is 7.90. The van der Waals surface area contributed by atoms with Gasteiger partial charge >= 0.3 is 0 Å². The number of rotatable bonds is 4. The molecule has 1 fully saturated rings. The van der Waals surface area contributed by atoms with Gasteiger partial charge in [-0.2, -0.15) is 0 Å². The molecule has 0 aliphatic heterocycles. The van der Waals surface area contributed by atoms with Crippen molar-refractivity contribution < 1.29 is 12.8 Å². The molecule has 3 N–H and O–H groups in total. The van der Waals surface area contributed by atoms with E-state index in [9.17, 15) is 12.8 Å². The number of sulfonamides is 1.